The first-order valence-electron chi connectivity index (χ1n) is 10.5. The maximum Gasteiger partial charge on any atom is 0.207 e. The lowest BCUT2D eigenvalue weighted by molar-refractivity contribution is 0.1000. The van der Waals surface area contributed by atoms with Gasteiger partial charge in [-0.25, -0.2) is 9.24 Å². The number of rotatable bonds is 3. The van der Waals surface area contributed by atoms with Gasteiger partial charge < -0.3 is 5.73 Å². The summed E-state index contributed by atoms with van der Waals surface area (Å²) >= 11 is 0. The number of aliphatic imine (C=N–C) groups is 1. The minimum atomic E-state index is -0.443. The SMILES string of the molecule is [C-]#[N+]c1c(-c2c(-c3ccc4c(c3)C(CN)=NCC4=O)cnn2C)c(F)c(C)c2ccccc12. The lowest BCUT2D eigenvalue weighted by atomic mass is 9.90. The van der Waals surface area contributed by atoms with Gasteiger partial charge in [0.15, 0.2) is 5.78 Å². The van der Waals surface area contributed by atoms with E-state index in [-0.39, 0.29) is 30.1 Å². The molecule has 1 aliphatic rings. The number of nitrogens with zero attached hydrogens (tertiary/aromatic N) is 4. The van der Waals surface area contributed by atoms with Crippen LogP contribution in [0.3, 0.4) is 0 Å². The highest BCUT2D eigenvalue weighted by Gasteiger charge is 2.26. The first kappa shape index (κ1) is 20.7. The second-order valence-electron chi connectivity index (χ2n) is 8.00. The second kappa shape index (κ2) is 7.76. The number of nitrogens with two attached hydrogens (primary N) is 1. The topological polar surface area (TPSA) is 77.6 Å². The van der Waals surface area contributed by atoms with E-state index < -0.39 is 5.82 Å². The van der Waals surface area contributed by atoms with Crippen molar-refractivity contribution in [2.45, 2.75) is 6.92 Å². The van der Waals surface area contributed by atoms with Crippen LogP contribution in [-0.2, 0) is 7.05 Å². The van der Waals surface area contributed by atoms with Gasteiger partial charge in [-0.3, -0.25) is 14.5 Å². The van der Waals surface area contributed by atoms with Crippen molar-refractivity contribution in [2.24, 2.45) is 17.8 Å². The molecule has 162 valence electrons. The Labute approximate surface area is 190 Å². The van der Waals surface area contributed by atoms with Gasteiger partial charge >= 0.3 is 0 Å². The molecule has 1 aromatic heterocycles. The first-order chi connectivity index (χ1) is 16.0. The molecular weight excluding hydrogens is 417 g/mol. The van der Waals surface area contributed by atoms with E-state index in [9.17, 15) is 4.79 Å². The van der Waals surface area contributed by atoms with Gasteiger partial charge in [0.05, 0.1) is 24.2 Å². The van der Waals surface area contributed by atoms with E-state index >= 15 is 4.39 Å². The van der Waals surface area contributed by atoms with Crippen molar-refractivity contribution < 1.29 is 9.18 Å². The molecular formula is C26H20FN5O. The third kappa shape index (κ3) is 3.07. The van der Waals surface area contributed by atoms with Crippen molar-refractivity contribution in [3.05, 3.63) is 82.6 Å². The molecule has 0 amide bonds. The van der Waals surface area contributed by atoms with Crippen molar-refractivity contribution >= 4 is 28.0 Å². The van der Waals surface area contributed by atoms with Crippen LogP contribution in [0.15, 0.2) is 53.7 Å². The predicted molar refractivity (Wildman–Crippen MR) is 127 cm³/mol. The second-order valence-corrected chi connectivity index (χ2v) is 8.00. The number of halogens is 1. The highest BCUT2D eigenvalue weighted by Crippen LogP contribution is 2.44. The number of Topliss-reactive ketones (excluding diaryl/α,β-unsaturated/α-hetero) is 1. The number of hydrogen-bond donors (Lipinski definition) is 1. The zero-order valence-corrected chi connectivity index (χ0v) is 18.2. The van der Waals surface area contributed by atoms with Crippen LogP contribution in [0.2, 0.25) is 0 Å². The molecule has 0 aliphatic carbocycles. The lowest BCUT2D eigenvalue weighted by Crippen LogP contribution is -2.24. The molecule has 1 aliphatic heterocycles. The number of aryl methyl sites for hydroxylation is 2. The Morgan fingerprint density at radius 1 is 1.15 bits per heavy atom. The number of hydrogen-bond acceptors (Lipinski definition) is 4. The van der Waals surface area contributed by atoms with Gasteiger partial charge in [0.25, 0.3) is 0 Å². The number of fused-ring (bicyclic) bond motifs is 2. The molecule has 0 fully saturated rings. The number of carbonyl (C=O) groups is 1. The molecule has 6 nitrogen and oxygen atoms in total. The van der Waals surface area contributed by atoms with E-state index in [0.29, 0.717) is 44.4 Å². The molecule has 0 bridgehead atoms. The first-order valence-corrected chi connectivity index (χ1v) is 10.5. The molecule has 4 aromatic rings. The maximum absolute atomic E-state index is 15.8. The van der Waals surface area contributed by atoms with Gasteiger partial charge in [0.2, 0.25) is 5.69 Å². The van der Waals surface area contributed by atoms with Crippen LogP contribution in [-0.4, -0.2) is 34.4 Å². The number of carbonyl (C=O) groups excluding carboxylic acids is 1. The monoisotopic (exact) mass is 437 g/mol. The summed E-state index contributed by atoms with van der Waals surface area (Å²) in [4.78, 5) is 20.4. The van der Waals surface area contributed by atoms with Crippen LogP contribution in [0.1, 0.15) is 21.5 Å². The Balaban J connectivity index is 1.80. The van der Waals surface area contributed by atoms with Crippen LogP contribution in [0.5, 0.6) is 0 Å². The molecule has 33 heavy (non-hydrogen) atoms. The fourth-order valence-electron chi connectivity index (χ4n) is 4.54. The summed E-state index contributed by atoms with van der Waals surface area (Å²) in [6.07, 6.45) is 1.65. The Morgan fingerprint density at radius 3 is 2.64 bits per heavy atom. The summed E-state index contributed by atoms with van der Waals surface area (Å²) in [6, 6.07) is 12.8. The molecule has 2 heterocycles. The number of benzene rings is 3. The molecule has 3 aromatic carbocycles. The van der Waals surface area contributed by atoms with Crippen LogP contribution >= 0.6 is 0 Å². The smallest absolute Gasteiger partial charge is 0.207 e. The van der Waals surface area contributed by atoms with Crippen molar-refractivity contribution in [3.63, 3.8) is 0 Å². The van der Waals surface area contributed by atoms with E-state index in [2.05, 4.69) is 14.9 Å². The standard InChI is InChI=1S/C26H20FN5O/c1-14-16-6-4-5-7-18(16)25(29-2)23(24(14)27)26-20(12-31-32(26)3)15-8-9-17-19(10-15)21(11-28)30-13-22(17)33/h4-10,12H,11,13,28H2,1,3H3. The van der Waals surface area contributed by atoms with Crippen LogP contribution < -0.4 is 5.73 Å². The van der Waals surface area contributed by atoms with E-state index in [0.717, 1.165) is 5.56 Å². The minimum Gasteiger partial charge on any atom is -0.325 e. The number of ketones is 1. The van der Waals surface area contributed by atoms with Crippen molar-refractivity contribution in [3.8, 4) is 22.4 Å². The van der Waals surface area contributed by atoms with Gasteiger partial charge in [-0.15, -0.1) is 0 Å². The van der Waals surface area contributed by atoms with Crippen molar-refractivity contribution in [1.29, 1.82) is 0 Å². The minimum absolute atomic E-state index is 0.0633. The summed E-state index contributed by atoms with van der Waals surface area (Å²) in [5.41, 5.74) is 10.6. The Kier molecular flexibility index (Phi) is 4.88. The third-order valence-corrected chi connectivity index (χ3v) is 6.21. The van der Waals surface area contributed by atoms with Crippen molar-refractivity contribution in [2.75, 3.05) is 13.1 Å². The Morgan fingerprint density at radius 2 is 1.91 bits per heavy atom. The van der Waals surface area contributed by atoms with Crippen LogP contribution in [0.25, 0.3) is 38.0 Å². The average molecular weight is 437 g/mol. The molecule has 0 unspecified atom stereocenters. The van der Waals surface area contributed by atoms with Crippen molar-refractivity contribution in [1.82, 2.24) is 9.78 Å². The Bertz CT molecular complexity index is 1540. The van der Waals surface area contributed by atoms with Crippen LogP contribution in [0, 0.1) is 19.3 Å². The lowest BCUT2D eigenvalue weighted by Gasteiger charge is -2.18. The van der Waals surface area contributed by atoms with Gasteiger partial charge in [-0.1, -0.05) is 36.4 Å². The summed E-state index contributed by atoms with van der Waals surface area (Å²) in [5.74, 6) is -0.506. The maximum atomic E-state index is 15.8. The zero-order valence-electron chi connectivity index (χ0n) is 18.2. The predicted octanol–water partition coefficient (Wildman–Crippen LogP) is 4.85. The molecule has 5 rings (SSSR count). The van der Waals surface area contributed by atoms with Gasteiger partial charge in [0.1, 0.15) is 12.4 Å². The molecule has 0 spiro atoms. The summed E-state index contributed by atoms with van der Waals surface area (Å²) in [7, 11) is 1.73. The molecule has 2 N–H and O–H groups in total. The van der Waals surface area contributed by atoms with Gasteiger partial charge in [-0.05, 0) is 34.9 Å². The van der Waals surface area contributed by atoms with E-state index in [4.69, 9.17) is 12.3 Å². The normalized spacial score (nSPS) is 13.1. The zero-order chi connectivity index (χ0) is 23.3. The fourth-order valence-corrected chi connectivity index (χ4v) is 4.54. The van der Waals surface area contributed by atoms with E-state index in [1.165, 1.54) is 0 Å². The third-order valence-electron chi connectivity index (χ3n) is 6.21. The number of aromatic nitrogens is 2. The highest BCUT2D eigenvalue weighted by atomic mass is 19.1. The molecule has 7 heteroatoms. The Hall–Kier alpha value is -4.15. The van der Waals surface area contributed by atoms with Gasteiger partial charge in [-0.2, -0.15) is 5.10 Å². The average Bonchev–Trinajstić information content (AvgIpc) is 3.22. The summed E-state index contributed by atoms with van der Waals surface area (Å²) in [5, 5.41) is 5.80. The fraction of sp³-hybridized carbons (Fsp3) is 0.154. The quantitative estimate of drug-likeness (QED) is 0.466. The van der Waals surface area contributed by atoms with E-state index in [1.807, 2.05) is 36.4 Å². The van der Waals surface area contributed by atoms with E-state index in [1.54, 1.807) is 30.9 Å². The molecule has 0 atom stereocenters. The summed E-state index contributed by atoms with van der Waals surface area (Å²) in [6.45, 7) is 9.87. The molecule has 0 saturated carbocycles. The van der Waals surface area contributed by atoms with Gasteiger partial charge in [0, 0.05) is 35.8 Å². The summed E-state index contributed by atoms with van der Waals surface area (Å²) < 4.78 is 17.4. The molecule has 0 radical (unpaired) electrons. The molecule has 0 saturated heterocycles. The largest absolute Gasteiger partial charge is 0.325 e. The van der Waals surface area contributed by atoms with Crippen LogP contribution in [0.4, 0.5) is 10.1 Å². The highest BCUT2D eigenvalue weighted by molar-refractivity contribution is 6.16.